The molecular weight excluding hydrogens is 340 g/mol. The topological polar surface area (TPSA) is 40.0 Å². The molecule has 0 bridgehead atoms. The molecule has 0 aromatic heterocycles. The third kappa shape index (κ3) is 7.18. The van der Waals surface area contributed by atoms with E-state index >= 15 is 0 Å². The molecule has 26 heavy (non-hydrogen) atoms. The van der Waals surface area contributed by atoms with Gasteiger partial charge in [-0.2, -0.15) is 0 Å². The van der Waals surface area contributed by atoms with E-state index in [1.807, 2.05) is 26.0 Å². The Balaban J connectivity index is 2.91. The Hall–Kier alpha value is -1.85. The Morgan fingerprint density at radius 1 is 1.35 bits per heavy atom. The highest BCUT2D eigenvalue weighted by Crippen LogP contribution is 2.30. The first-order valence-electron chi connectivity index (χ1n) is 9.04. The van der Waals surface area contributed by atoms with Crippen molar-refractivity contribution >= 4 is 23.7 Å². The van der Waals surface area contributed by atoms with Crippen LogP contribution in [0, 0.1) is 0 Å². The number of rotatable bonds is 10. The van der Waals surface area contributed by atoms with Crippen molar-refractivity contribution in [2.45, 2.75) is 27.7 Å². The first-order valence-corrected chi connectivity index (χ1v) is 9.86. The number of allylic oxidation sites excluding steroid dienone is 5. The van der Waals surface area contributed by atoms with Gasteiger partial charge in [0.25, 0.3) is 0 Å². The lowest BCUT2D eigenvalue weighted by molar-refractivity contribution is 0.306. The molecule has 1 aliphatic heterocycles. The van der Waals surface area contributed by atoms with E-state index in [1.165, 1.54) is 0 Å². The van der Waals surface area contributed by atoms with Gasteiger partial charge in [0.15, 0.2) is 0 Å². The van der Waals surface area contributed by atoms with E-state index in [9.17, 15) is 0 Å². The standard InChI is InChI=1S/C21H32N4S/c1-8-18-13-19(24-15-20(18)22-7)14-21(26-16(4)5)17(6)23-11-12-25(9-2)10-3/h8,13-15,23H,4,6,9-12H2,1-3,5,7H3/b18-8-,21-14-,22-20?. The van der Waals surface area contributed by atoms with Gasteiger partial charge in [0.05, 0.1) is 17.6 Å². The fraction of sp³-hybridized carbons (Fsp3) is 0.429. The normalized spacial score (nSPS) is 17.8. The van der Waals surface area contributed by atoms with Crippen LogP contribution in [-0.2, 0) is 0 Å². The van der Waals surface area contributed by atoms with Gasteiger partial charge in [-0.3, -0.25) is 9.98 Å². The van der Waals surface area contributed by atoms with Crippen molar-refractivity contribution < 1.29 is 0 Å². The third-order valence-corrected chi connectivity index (χ3v) is 4.94. The number of hydrogen-bond donors (Lipinski definition) is 1. The van der Waals surface area contributed by atoms with Crippen molar-refractivity contribution in [1.29, 1.82) is 0 Å². The van der Waals surface area contributed by atoms with Crippen LogP contribution in [0.5, 0.6) is 0 Å². The second kappa shape index (κ2) is 11.7. The lowest BCUT2D eigenvalue weighted by atomic mass is 10.1. The zero-order valence-corrected chi connectivity index (χ0v) is 17.6. The molecule has 1 aliphatic rings. The summed E-state index contributed by atoms with van der Waals surface area (Å²) >= 11 is 1.61. The van der Waals surface area contributed by atoms with Crippen LogP contribution < -0.4 is 5.32 Å². The third-order valence-electron chi connectivity index (χ3n) is 4.01. The van der Waals surface area contributed by atoms with Crippen LogP contribution in [0.1, 0.15) is 27.7 Å². The number of hydrogen-bond acceptors (Lipinski definition) is 5. The number of nitrogens with one attached hydrogen (secondary N) is 1. The van der Waals surface area contributed by atoms with Gasteiger partial charge in [-0.1, -0.05) is 44.8 Å². The average Bonchev–Trinajstić information content (AvgIpc) is 2.64. The van der Waals surface area contributed by atoms with E-state index in [-0.39, 0.29) is 0 Å². The predicted octanol–water partition coefficient (Wildman–Crippen LogP) is 4.57. The van der Waals surface area contributed by atoms with Crippen LogP contribution in [-0.4, -0.2) is 50.1 Å². The minimum Gasteiger partial charge on any atom is -0.383 e. The molecule has 0 aromatic carbocycles. The van der Waals surface area contributed by atoms with E-state index in [0.717, 1.165) is 58.7 Å². The second-order valence-electron chi connectivity index (χ2n) is 5.93. The fourth-order valence-electron chi connectivity index (χ4n) is 2.47. The zero-order chi connectivity index (χ0) is 19.5. The first-order chi connectivity index (χ1) is 12.4. The molecule has 0 radical (unpaired) electrons. The van der Waals surface area contributed by atoms with Crippen molar-refractivity contribution in [1.82, 2.24) is 10.2 Å². The van der Waals surface area contributed by atoms with Crippen molar-refractivity contribution in [2.24, 2.45) is 9.98 Å². The van der Waals surface area contributed by atoms with E-state index in [0.29, 0.717) is 0 Å². The molecule has 0 fully saturated rings. The molecule has 0 atom stereocenters. The lowest BCUT2D eigenvalue weighted by Gasteiger charge is -2.20. The van der Waals surface area contributed by atoms with E-state index in [2.05, 4.69) is 53.3 Å². The predicted molar refractivity (Wildman–Crippen MR) is 119 cm³/mol. The van der Waals surface area contributed by atoms with Crippen molar-refractivity contribution in [3.05, 3.63) is 58.2 Å². The van der Waals surface area contributed by atoms with Gasteiger partial charge >= 0.3 is 0 Å². The Labute approximate surface area is 163 Å². The molecular formula is C21H32N4S. The molecule has 1 heterocycles. The van der Waals surface area contributed by atoms with Crippen LogP contribution in [0.3, 0.4) is 0 Å². The fourth-order valence-corrected chi connectivity index (χ4v) is 3.22. The molecule has 0 spiro atoms. The van der Waals surface area contributed by atoms with Crippen LogP contribution in [0.15, 0.2) is 68.1 Å². The molecule has 0 unspecified atom stereocenters. The molecule has 0 amide bonds. The molecule has 0 aromatic rings. The average molecular weight is 373 g/mol. The molecule has 0 saturated carbocycles. The first kappa shape index (κ1) is 22.2. The van der Waals surface area contributed by atoms with Crippen molar-refractivity contribution in [3.8, 4) is 0 Å². The Bertz CT molecular complexity index is 661. The molecule has 4 nitrogen and oxygen atoms in total. The Kier molecular flexibility index (Phi) is 9.99. The van der Waals surface area contributed by atoms with Gasteiger partial charge in [0, 0.05) is 30.7 Å². The quantitative estimate of drug-likeness (QED) is 0.571. The minimum absolute atomic E-state index is 0.865. The highest BCUT2D eigenvalue weighted by molar-refractivity contribution is 8.06. The summed E-state index contributed by atoms with van der Waals surface area (Å²) in [7, 11) is 1.78. The summed E-state index contributed by atoms with van der Waals surface area (Å²) in [5, 5.41) is 3.44. The molecule has 1 rings (SSSR count). The van der Waals surface area contributed by atoms with Gasteiger partial charge in [0.2, 0.25) is 0 Å². The minimum atomic E-state index is 0.865. The highest BCUT2D eigenvalue weighted by atomic mass is 32.2. The van der Waals surface area contributed by atoms with Crippen molar-refractivity contribution in [2.75, 3.05) is 33.2 Å². The number of aliphatic imine (C=N–C) groups is 2. The summed E-state index contributed by atoms with van der Waals surface area (Å²) < 4.78 is 0. The molecule has 0 saturated heterocycles. The number of thioether (sulfide) groups is 1. The molecule has 142 valence electrons. The number of nitrogens with zero attached hydrogens (tertiary/aromatic N) is 3. The summed E-state index contributed by atoms with van der Waals surface area (Å²) in [6.45, 7) is 20.6. The summed E-state index contributed by atoms with van der Waals surface area (Å²) in [6.07, 6.45) is 7.95. The summed E-state index contributed by atoms with van der Waals surface area (Å²) in [6, 6.07) is 0. The summed E-state index contributed by atoms with van der Waals surface area (Å²) in [4.78, 5) is 13.2. The Morgan fingerprint density at radius 2 is 2.04 bits per heavy atom. The van der Waals surface area contributed by atoms with Crippen LogP contribution in [0.4, 0.5) is 0 Å². The Morgan fingerprint density at radius 3 is 2.58 bits per heavy atom. The van der Waals surface area contributed by atoms with Crippen molar-refractivity contribution in [3.63, 3.8) is 0 Å². The van der Waals surface area contributed by atoms with Gasteiger partial charge in [-0.25, -0.2) is 0 Å². The van der Waals surface area contributed by atoms with Gasteiger partial charge in [-0.05, 0) is 49.6 Å². The second-order valence-corrected chi connectivity index (χ2v) is 7.27. The van der Waals surface area contributed by atoms with E-state index < -0.39 is 0 Å². The van der Waals surface area contributed by atoms with Gasteiger partial charge < -0.3 is 10.2 Å². The van der Waals surface area contributed by atoms with Crippen LogP contribution in [0.25, 0.3) is 0 Å². The van der Waals surface area contributed by atoms with Crippen LogP contribution >= 0.6 is 11.8 Å². The summed E-state index contributed by atoms with van der Waals surface area (Å²) in [5.74, 6) is 0. The van der Waals surface area contributed by atoms with Crippen LogP contribution in [0.2, 0.25) is 0 Å². The highest BCUT2D eigenvalue weighted by Gasteiger charge is 2.11. The molecule has 5 heteroatoms. The monoisotopic (exact) mass is 372 g/mol. The summed E-state index contributed by atoms with van der Waals surface area (Å²) in [5.41, 5.74) is 3.77. The zero-order valence-electron chi connectivity index (χ0n) is 16.8. The van der Waals surface area contributed by atoms with E-state index in [4.69, 9.17) is 0 Å². The van der Waals surface area contributed by atoms with Gasteiger partial charge in [-0.15, -0.1) is 0 Å². The van der Waals surface area contributed by atoms with E-state index in [1.54, 1.807) is 25.0 Å². The number of likely N-dealkylation sites (N-methyl/N-ethyl adjacent to an activating group) is 1. The lowest BCUT2D eigenvalue weighted by Crippen LogP contribution is -2.31. The molecule has 0 aliphatic carbocycles. The van der Waals surface area contributed by atoms with Gasteiger partial charge in [0.1, 0.15) is 0 Å². The molecule has 1 N–H and O–H groups in total. The maximum absolute atomic E-state index is 4.51. The maximum atomic E-state index is 4.51. The maximum Gasteiger partial charge on any atom is 0.0823 e. The smallest absolute Gasteiger partial charge is 0.0823 e. The SMILES string of the molecule is C=C(C)S/C(=C\C1=CC(=C/C)/C(=NC)C=N1)C(=C)NCCN(CC)CC. The largest absolute Gasteiger partial charge is 0.383 e.